The van der Waals surface area contributed by atoms with Crippen molar-refractivity contribution >= 4 is 5.96 Å². The molecule has 0 aliphatic heterocycles. The molecule has 0 saturated heterocycles. The molecule has 3 N–H and O–H groups in total. The number of nitrogens with one attached hydrogen (secondary N) is 2. The van der Waals surface area contributed by atoms with Crippen molar-refractivity contribution in [1.82, 2.24) is 10.6 Å². The Labute approximate surface area is 120 Å². The second kappa shape index (κ2) is 7.33. The molecule has 5 nitrogen and oxygen atoms in total. The number of guanidine groups is 1. The number of hydrogen-bond acceptors (Lipinski definition) is 3. The van der Waals surface area contributed by atoms with Crippen LogP contribution in [-0.4, -0.2) is 29.8 Å². The van der Waals surface area contributed by atoms with Gasteiger partial charge in [-0.05, 0) is 25.8 Å². The number of hydrogen-bond donors (Lipinski definition) is 3. The molecule has 1 aromatic heterocycles. The molecule has 0 radical (unpaired) electrons. The van der Waals surface area contributed by atoms with Crippen molar-refractivity contribution in [3.8, 4) is 0 Å². The SMILES string of the molecule is CCNC(=NCc1ccoc1)NCC1(O)CCCCC1. The van der Waals surface area contributed by atoms with Gasteiger partial charge in [0.15, 0.2) is 5.96 Å². The van der Waals surface area contributed by atoms with Crippen LogP contribution >= 0.6 is 0 Å². The smallest absolute Gasteiger partial charge is 0.191 e. The summed E-state index contributed by atoms with van der Waals surface area (Å²) in [6, 6.07) is 1.90. The average Bonchev–Trinajstić information content (AvgIpc) is 2.96. The van der Waals surface area contributed by atoms with Gasteiger partial charge >= 0.3 is 0 Å². The third-order valence-electron chi connectivity index (χ3n) is 3.71. The molecule has 0 unspecified atom stereocenters. The van der Waals surface area contributed by atoms with Crippen LogP contribution in [0.3, 0.4) is 0 Å². The molecule has 0 spiro atoms. The fourth-order valence-electron chi connectivity index (χ4n) is 2.53. The number of rotatable bonds is 5. The van der Waals surface area contributed by atoms with Crippen molar-refractivity contribution in [2.24, 2.45) is 4.99 Å². The van der Waals surface area contributed by atoms with E-state index in [0.717, 1.165) is 43.8 Å². The molecule has 0 atom stereocenters. The van der Waals surface area contributed by atoms with Gasteiger partial charge in [-0.2, -0.15) is 0 Å². The van der Waals surface area contributed by atoms with Gasteiger partial charge in [-0.15, -0.1) is 0 Å². The van der Waals surface area contributed by atoms with Crippen LogP contribution in [0.2, 0.25) is 0 Å². The number of furan rings is 1. The monoisotopic (exact) mass is 279 g/mol. The third kappa shape index (κ3) is 4.56. The molecule has 0 aromatic carbocycles. The summed E-state index contributed by atoms with van der Waals surface area (Å²) >= 11 is 0. The lowest BCUT2D eigenvalue weighted by Crippen LogP contribution is -2.48. The van der Waals surface area contributed by atoms with Gasteiger partial charge < -0.3 is 20.2 Å². The van der Waals surface area contributed by atoms with E-state index in [-0.39, 0.29) is 0 Å². The molecule has 112 valence electrons. The number of nitrogens with zero attached hydrogens (tertiary/aromatic N) is 1. The summed E-state index contributed by atoms with van der Waals surface area (Å²) in [6.45, 7) is 3.97. The van der Waals surface area contributed by atoms with Crippen molar-refractivity contribution in [3.05, 3.63) is 24.2 Å². The predicted octanol–water partition coefficient (Wildman–Crippen LogP) is 2.03. The highest BCUT2D eigenvalue weighted by Crippen LogP contribution is 2.27. The summed E-state index contributed by atoms with van der Waals surface area (Å²) in [7, 11) is 0. The lowest BCUT2D eigenvalue weighted by atomic mass is 9.85. The van der Waals surface area contributed by atoms with E-state index in [2.05, 4.69) is 15.6 Å². The second-order valence-corrected chi connectivity index (χ2v) is 5.47. The minimum atomic E-state index is -0.579. The Kier molecular flexibility index (Phi) is 5.47. The topological polar surface area (TPSA) is 69.8 Å². The van der Waals surface area contributed by atoms with E-state index in [1.165, 1.54) is 6.42 Å². The first-order valence-electron chi connectivity index (χ1n) is 7.47. The van der Waals surface area contributed by atoms with Gasteiger partial charge in [0.05, 0.1) is 24.7 Å². The minimum absolute atomic E-state index is 0.560. The first-order chi connectivity index (χ1) is 9.72. The number of aliphatic imine (C=N–C) groups is 1. The van der Waals surface area contributed by atoms with Crippen LogP contribution in [0.1, 0.15) is 44.6 Å². The van der Waals surface area contributed by atoms with E-state index >= 15 is 0 Å². The Morgan fingerprint density at radius 1 is 1.35 bits per heavy atom. The number of aliphatic hydroxyl groups is 1. The fourth-order valence-corrected chi connectivity index (χ4v) is 2.53. The van der Waals surface area contributed by atoms with Crippen molar-refractivity contribution in [2.75, 3.05) is 13.1 Å². The van der Waals surface area contributed by atoms with E-state index in [1.807, 2.05) is 13.0 Å². The van der Waals surface area contributed by atoms with Crippen molar-refractivity contribution in [1.29, 1.82) is 0 Å². The molecule has 5 heteroatoms. The summed E-state index contributed by atoms with van der Waals surface area (Å²) in [5.74, 6) is 0.743. The summed E-state index contributed by atoms with van der Waals surface area (Å²) in [6.07, 6.45) is 8.55. The van der Waals surface area contributed by atoms with Crippen molar-refractivity contribution < 1.29 is 9.52 Å². The van der Waals surface area contributed by atoms with Gasteiger partial charge in [0, 0.05) is 18.7 Å². The third-order valence-corrected chi connectivity index (χ3v) is 3.71. The van der Waals surface area contributed by atoms with E-state index in [4.69, 9.17) is 4.42 Å². The molecule has 2 rings (SSSR count). The van der Waals surface area contributed by atoms with Crippen molar-refractivity contribution in [3.63, 3.8) is 0 Å². The maximum Gasteiger partial charge on any atom is 0.191 e. The average molecular weight is 279 g/mol. The highest BCUT2D eigenvalue weighted by molar-refractivity contribution is 5.79. The van der Waals surface area contributed by atoms with Crippen LogP contribution in [0, 0.1) is 0 Å². The lowest BCUT2D eigenvalue weighted by Gasteiger charge is -2.32. The molecule has 0 bridgehead atoms. The van der Waals surface area contributed by atoms with Gasteiger partial charge in [0.1, 0.15) is 0 Å². The molecule has 1 saturated carbocycles. The first kappa shape index (κ1) is 14.9. The quantitative estimate of drug-likeness (QED) is 0.570. The van der Waals surface area contributed by atoms with E-state index in [9.17, 15) is 5.11 Å². The lowest BCUT2D eigenvalue weighted by molar-refractivity contribution is 0.00859. The molecule has 1 heterocycles. The van der Waals surface area contributed by atoms with Crippen molar-refractivity contribution in [2.45, 2.75) is 51.2 Å². The molecular weight excluding hydrogens is 254 g/mol. The van der Waals surface area contributed by atoms with Gasteiger partial charge in [0.25, 0.3) is 0 Å². The Balaban J connectivity index is 1.86. The Morgan fingerprint density at radius 3 is 2.80 bits per heavy atom. The van der Waals surface area contributed by atoms with E-state index in [1.54, 1.807) is 12.5 Å². The largest absolute Gasteiger partial charge is 0.472 e. The summed E-state index contributed by atoms with van der Waals surface area (Å²) in [4.78, 5) is 4.49. The molecule has 1 fully saturated rings. The Hall–Kier alpha value is -1.49. The maximum atomic E-state index is 10.5. The van der Waals surface area contributed by atoms with Gasteiger partial charge in [0.2, 0.25) is 0 Å². The Morgan fingerprint density at radius 2 is 2.15 bits per heavy atom. The molecule has 1 aliphatic carbocycles. The molecular formula is C15H25N3O2. The summed E-state index contributed by atoms with van der Waals surface area (Å²) in [5, 5.41) is 16.9. The van der Waals surface area contributed by atoms with E-state index in [0.29, 0.717) is 13.1 Å². The van der Waals surface area contributed by atoms with Gasteiger partial charge in [-0.3, -0.25) is 0 Å². The van der Waals surface area contributed by atoms with Gasteiger partial charge in [-0.25, -0.2) is 4.99 Å². The molecule has 0 amide bonds. The highest BCUT2D eigenvalue weighted by Gasteiger charge is 2.29. The normalized spacial score (nSPS) is 18.8. The van der Waals surface area contributed by atoms with Crippen LogP contribution < -0.4 is 10.6 Å². The molecule has 1 aromatic rings. The van der Waals surface area contributed by atoms with Crippen LogP contribution in [0.25, 0.3) is 0 Å². The highest BCUT2D eigenvalue weighted by atomic mass is 16.3. The second-order valence-electron chi connectivity index (χ2n) is 5.47. The standard InChI is InChI=1S/C15H25N3O2/c1-2-16-14(17-10-13-6-9-20-11-13)18-12-15(19)7-4-3-5-8-15/h6,9,11,19H,2-5,7-8,10,12H2,1H3,(H2,16,17,18). The van der Waals surface area contributed by atoms with E-state index < -0.39 is 5.60 Å². The first-order valence-corrected chi connectivity index (χ1v) is 7.47. The van der Waals surface area contributed by atoms with Crippen LogP contribution in [0.15, 0.2) is 28.0 Å². The zero-order chi connectivity index (χ0) is 14.3. The predicted molar refractivity (Wildman–Crippen MR) is 79.6 cm³/mol. The fraction of sp³-hybridized carbons (Fsp3) is 0.667. The van der Waals surface area contributed by atoms with Crippen LogP contribution in [-0.2, 0) is 6.54 Å². The zero-order valence-electron chi connectivity index (χ0n) is 12.2. The Bertz CT molecular complexity index is 409. The zero-order valence-corrected chi connectivity index (χ0v) is 12.2. The summed E-state index contributed by atoms with van der Waals surface area (Å²) in [5.41, 5.74) is 0.461. The summed E-state index contributed by atoms with van der Waals surface area (Å²) < 4.78 is 5.03. The minimum Gasteiger partial charge on any atom is -0.472 e. The van der Waals surface area contributed by atoms with Crippen LogP contribution in [0.4, 0.5) is 0 Å². The van der Waals surface area contributed by atoms with Crippen LogP contribution in [0.5, 0.6) is 0 Å². The van der Waals surface area contributed by atoms with Gasteiger partial charge in [-0.1, -0.05) is 19.3 Å². The molecule has 20 heavy (non-hydrogen) atoms. The maximum absolute atomic E-state index is 10.5. The molecule has 1 aliphatic rings.